The largest absolute Gasteiger partial charge is 0.503 e. The van der Waals surface area contributed by atoms with Crippen molar-refractivity contribution in [2.75, 3.05) is 20.8 Å². The molecular formula is C32H36BrNO7. The number of nitrogens with zero attached hydrogens (tertiary/aromatic N) is 1. The number of fused-ring (bicyclic) bond motifs is 1. The van der Waals surface area contributed by atoms with Crippen LogP contribution in [0.25, 0.3) is 0 Å². The van der Waals surface area contributed by atoms with E-state index in [2.05, 4.69) is 15.9 Å². The van der Waals surface area contributed by atoms with E-state index in [9.17, 15) is 14.7 Å². The number of hydrogen-bond acceptors (Lipinski definition) is 8. The number of ketones is 1. The number of benzene rings is 2. The van der Waals surface area contributed by atoms with Gasteiger partial charge in [0.15, 0.2) is 23.0 Å². The molecule has 2 aromatic rings. The van der Waals surface area contributed by atoms with Gasteiger partial charge >= 0.3 is 5.97 Å². The van der Waals surface area contributed by atoms with Gasteiger partial charge in [-0.2, -0.15) is 0 Å². The van der Waals surface area contributed by atoms with E-state index in [-0.39, 0.29) is 35.7 Å². The summed E-state index contributed by atoms with van der Waals surface area (Å²) in [5.41, 5.74) is 3.33. The summed E-state index contributed by atoms with van der Waals surface area (Å²) in [6.45, 7) is 3.99. The number of carbonyl (C=O) groups excluding carboxylic acids is 2. The minimum atomic E-state index is -0.632. The second-order valence-electron chi connectivity index (χ2n) is 10.8. The molecule has 2 aliphatic carbocycles. The minimum Gasteiger partial charge on any atom is -0.503 e. The standard InChI is InChI=1S/C32H36BrNO7/c1-5-40-27-16-20(12-22(33)31(27)36)29-28(32(37)41-21-8-6-7-9-21)17(2)34-23-13-19(14-24(35)30(23)29)18-10-11-25(38-3)26(15-18)39-4/h10-12,15-16,19,21,29-30,36H,5-9,13-14H2,1-4H3. The molecule has 218 valence electrons. The Morgan fingerprint density at radius 1 is 1.00 bits per heavy atom. The average Bonchev–Trinajstić information content (AvgIpc) is 3.47. The van der Waals surface area contributed by atoms with Crippen LogP contribution in [0.1, 0.15) is 75.3 Å². The quantitative estimate of drug-likeness (QED) is 0.328. The molecule has 0 aromatic heterocycles. The summed E-state index contributed by atoms with van der Waals surface area (Å²) in [7, 11) is 3.18. The van der Waals surface area contributed by atoms with Gasteiger partial charge in [-0.15, -0.1) is 0 Å². The van der Waals surface area contributed by atoms with Gasteiger partial charge in [0.25, 0.3) is 0 Å². The fraction of sp³-hybridized carbons (Fsp3) is 0.469. The third-order valence-electron chi connectivity index (χ3n) is 8.34. The number of phenolic OH excluding ortho intramolecular Hbond substituents is 1. The van der Waals surface area contributed by atoms with E-state index in [1.54, 1.807) is 26.4 Å². The molecule has 3 atom stereocenters. The maximum absolute atomic E-state index is 14.1. The van der Waals surface area contributed by atoms with E-state index in [0.717, 1.165) is 37.0 Å². The number of halogens is 1. The number of carbonyl (C=O) groups is 2. The summed E-state index contributed by atoms with van der Waals surface area (Å²) in [6.07, 6.45) is 4.46. The van der Waals surface area contributed by atoms with Crippen molar-refractivity contribution in [3.63, 3.8) is 0 Å². The molecule has 0 spiro atoms. The van der Waals surface area contributed by atoms with Gasteiger partial charge in [0.05, 0.1) is 36.8 Å². The summed E-state index contributed by atoms with van der Waals surface area (Å²) in [6, 6.07) is 9.20. The molecule has 1 aliphatic heterocycles. The Kier molecular flexibility index (Phi) is 8.73. The van der Waals surface area contributed by atoms with E-state index in [0.29, 0.717) is 45.8 Å². The van der Waals surface area contributed by atoms with Crippen molar-refractivity contribution in [3.05, 3.63) is 57.2 Å². The summed E-state index contributed by atoms with van der Waals surface area (Å²) in [4.78, 5) is 32.7. The summed E-state index contributed by atoms with van der Waals surface area (Å²) >= 11 is 3.45. The molecule has 2 aromatic carbocycles. The Hall–Kier alpha value is -3.33. The predicted molar refractivity (Wildman–Crippen MR) is 158 cm³/mol. The van der Waals surface area contributed by atoms with Crippen LogP contribution in [-0.4, -0.2) is 49.5 Å². The Balaban J connectivity index is 1.58. The number of esters is 1. The van der Waals surface area contributed by atoms with Crippen LogP contribution in [0.2, 0.25) is 0 Å². The zero-order valence-electron chi connectivity index (χ0n) is 23.9. The Labute approximate surface area is 248 Å². The fourth-order valence-electron chi connectivity index (χ4n) is 6.40. The van der Waals surface area contributed by atoms with Gasteiger partial charge in [-0.05, 0) is 103 Å². The van der Waals surface area contributed by atoms with E-state index in [1.165, 1.54) is 0 Å². The highest BCUT2D eigenvalue weighted by Crippen LogP contribution is 2.49. The lowest BCUT2D eigenvalue weighted by Gasteiger charge is -2.38. The number of Topliss-reactive ketones (excluding diaryl/α,β-unsaturated/α-hetero) is 1. The molecule has 3 unspecified atom stereocenters. The third-order valence-corrected chi connectivity index (χ3v) is 8.94. The van der Waals surface area contributed by atoms with Crippen LogP contribution in [-0.2, 0) is 14.3 Å². The zero-order valence-corrected chi connectivity index (χ0v) is 25.5. The first-order valence-electron chi connectivity index (χ1n) is 14.1. The SMILES string of the molecule is CCOc1cc(C2C(C(=O)OC3CCCC3)=C(C)N=C3CC(c4ccc(OC)c(OC)c4)CC(=O)C32)cc(Br)c1O. The number of aromatic hydroxyl groups is 1. The van der Waals surface area contributed by atoms with Gasteiger partial charge in [-0.25, -0.2) is 4.79 Å². The topological polar surface area (TPSA) is 104 Å². The predicted octanol–water partition coefficient (Wildman–Crippen LogP) is 6.63. The van der Waals surface area contributed by atoms with Gasteiger partial charge < -0.3 is 24.1 Å². The molecule has 1 heterocycles. The van der Waals surface area contributed by atoms with Gasteiger partial charge in [-0.1, -0.05) is 6.07 Å². The second-order valence-corrected chi connectivity index (χ2v) is 11.7. The Morgan fingerprint density at radius 2 is 1.71 bits per heavy atom. The monoisotopic (exact) mass is 625 g/mol. The molecule has 0 radical (unpaired) electrons. The van der Waals surface area contributed by atoms with Gasteiger partial charge in [0.1, 0.15) is 11.9 Å². The third kappa shape index (κ3) is 5.73. The van der Waals surface area contributed by atoms with Crippen molar-refractivity contribution in [2.45, 2.75) is 70.3 Å². The Morgan fingerprint density at radius 3 is 2.39 bits per heavy atom. The van der Waals surface area contributed by atoms with Crippen molar-refractivity contribution in [2.24, 2.45) is 10.9 Å². The molecular weight excluding hydrogens is 590 g/mol. The summed E-state index contributed by atoms with van der Waals surface area (Å²) in [5.74, 6) is -0.290. The van der Waals surface area contributed by atoms with Gasteiger partial charge in [-0.3, -0.25) is 9.79 Å². The molecule has 0 amide bonds. The molecule has 3 aliphatic rings. The Bertz CT molecular complexity index is 1410. The first-order valence-corrected chi connectivity index (χ1v) is 14.9. The lowest BCUT2D eigenvalue weighted by molar-refractivity contribution is -0.144. The van der Waals surface area contributed by atoms with Crippen LogP contribution in [0.4, 0.5) is 0 Å². The van der Waals surface area contributed by atoms with Crippen LogP contribution >= 0.6 is 15.9 Å². The zero-order chi connectivity index (χ0) is 29.3. The highest BCUT2D eigenvalue weighted by molar-refractivity contribution is 9.10. The van der Waals surface area contributed by atoms with E-state index < -0.39 is 17.8 Å². The van der Waals surface area contributed by atoms with Crippen molar-refractivity contribution >= 4 is 33.4 Å². The van der Waals surface area contributed by atoms with Crippen molar-refractivity contribution in [1.82, 2.24) is 0 Å². The molecule has 9 heteroatoms. The number of rotatable bonds is 8. The average molecular weight is 627 g/mol. The molecule has 5 rings (SSSR count). The van der Waals surface area contributed by atoms with Gasteiger partial charge in [0.2, 0.25) is 0 Å². The van der Waals surface area contributed by atoms with Crippen LogP contribution in [0, 0.1) is 5.92 Å². The number of ether oxygens (including phenoxy) is 4. The molecule has 1 N–H and O–H groups in total. The lowest BCUT2D eigenvalue weighted by atomic mass is 9.66. The summed E-state index contributed by atoms with van der Waals surface area (Å²) in [5, 5.41) is 10.6. The number of aliphatic imine (C=N–C) groups is 1. The maximum atomic E-state index is 14.1. The highest BCUT2D eigenvalue weighted by atomic mass is 79.9. The number of methoxy groups -OCH3 is 2. The summed E-state index contributed by atoms with van der Waals surface area (Å²) < 4.78 is 23.0. The van der Waals surface area contributed by atoms with Crippen LogP contribution in [0.15, 0.2) is 51.1 Å². The smallest absolute Gasteiger partial charge is 0.336 e. The molecule has 0 bridgehead atoms. The van der Waals surface area contributed by atoms with E-state index in [1.807, 2.05) is 32.0 Å². The lowest BCUT2D eigenvalue weighted by Crippen LogP contribution is -2.41. The van der Waals surface area contributed by atoms with Crippen molar-refractivity contribution < 1.29 is 33.6 Å². The molecule has 41 heavy (non-hydrogen) atoms. The van der Waals surface area contributed by atoms with Crippen LogP contribution < -0.4 is 14.2 Å². The van der Waals surface area contributed by atoms with Crippen LogP contribution in [0.3, 0.4) is 0 Å². The maximum Gasteiger partial charge on any atom is 0.336 e. The van der Waals surface area contributed by atoms with Crippen molar-refractivity contribution in [1.29, 1.82) is 0 Å². The second kappa shape index (κ2) is 12.3. The van der Waals surface area contributed by atoms with E-state index >= 15 is 0 Å². The van der Waals surface area contributed by atoms with Crippen LogP contribution in [0.5, 0.6) is 23.0 Å². The molecule has 0 saturated heterocycles. The van der Waals surface area contributed by atoms with Gasteiger partial charge in [0, 0.05) is 23.7 Å². The first-order chi connectivity index (χ1) is 19.7. The fourth-order valence-corrected chi connectivity index (χ4v) is 6.86. The first kappa shape index (κ1) is 29.2. The molecule has 2 saturated carbocycles. The minimum absolute atomic E-state index is 0.000564. The molecule has 8 nitrogen and oxygen atoms in total. The van der Waals surface area contributed by atoms with Crippen molar-refractivity contribution in [3.8, 4) is 23.0 Å². The highest BCUT2D eigenvalue weighted by Gasteiger charge is 2.47. The number of hydrogen-bond donors (Lipinski definition) is 1. The number of allylic oxidation sites excluding steroid dienone is 1. The normalized spacial score (nSPS) is 22.7. The number of phenols is 1. The van der Waals surface area contributed by atoms with E-state index in [4.69, 9.17) is 23.9 Å². The molecule has 2 fully saturated rings.